The number of thiazole rings is 1. The second-order valence-electron chi connectivity index (χ2n) is 6.56. The van der Waals surface area contributed by atoms with Gasteiger partial charge in [-0.15, -0.1) is 11.3 Å². The van der Waals surface area contributed by atoms with Crippen molar-refractivity contribution in [2.75, 3.05) is 18.4 Å². The van der Waals surface area contributed by atoms with E-state index in [1.54, 1.807) is 23.5 Å². The summed E-state index contributed by atoms with van der Waals surface area (Å²) < 4.78 is 1.21. The maximum Gasteiger partial charge on any atom is 0.238 e. The Balaban J connectivity index is 1.48. The molecular formula is C20H20ClN3OS. The molecule has 134 valence electrons. The summed E-state index contributed by atoms with van der Waals surface area (Å²) in [5, 5.41) is 4.74. The first-order chi connectivity index (χ1) is 12.7. The largest absolute Gasteiger partial charge is 0.325 e. The third kappa shape index (κ3) is 3.90. The van der Waals surface area contributed by atoms with E-state index in [2.05, 4.69) is 22.3 Å². The van der Waals surface area contributed by atoms with Crippen molar-refractivity contribution in [2.45, 2.75) is 25.3 Å². The zero-order valence-electron chi connectivity index (χ0n) is 14.3. The molecule has 1 atom stereocenters. The Bertz CT molecular complexity index is 876. The fourth-order valence-corrected chi connectivity index (χ4v) is 4.67. The normalized spacial score (nSPS) is 18.1. The highest BCUT2D eigenvalue weighted by molar-refractivity contribution is 7.18. The molecule has 1 saturated heterocycles. The van der Waals surface area contributed by atoms with Crippen LogP contribution < -0.4 is 5.32 Å². The number of carbonyl (C=O) groups is 1. The Kier molecular flexibility index (Phi) is 5.20. The molecule has 26 heavy (non-hydrogen) atoms. The lowest BCUT2D eigenvalue weighted by Crippen LogP contribution is -2.39. The summed E-state index contributed by atoms with van der Waals surface area (Å²) in [4.78, 5) is 19.6. The van der Waals surface area contributed by atoms with Gasteiger partial charge in [-0.2, -0.15) is 0 Å². The molecule has 6 heteroatoms. The lowest BCUT2D eigenvalue weighted by atomic mass is 10.0. The number of anilines is 1. The minimum atomic E-state index is 0.000309. The lowest BCUT2D eigenvalue weighted by Gasteiger charge is -2.33. The van der Waals surface area contributed by atoms with Crippen LogP contribution in [0.25, 0.3) is 10.2 Å². The van der Waals surface area contributed by atoms with E-state index in [0.29, 0.717) is 11.6 Å². The Labute approximate surface area is 161 Å². The van der Waals surface area contributed by atoms with Gasteiger partial charge in [-0.25, -0.2) is 4.98 Å². The van der Waals surface area contributed by atoms with E-state index in [-0.39, 0.29) is 11.9 Å². The van der Waals surface area contributed by atoms with Gasteiger partial charge in [0.25, 0.3) is 0 Å². The molecule has 0 unspecified atom stereocenters. The van der Waals surface area contributed by atoms with Gasteiger partial charge in [0.1, 0.15) is 5.01 Å². The highest BCUT2D eigenvalue weighted by atomic mass is 35.5. The monoisotopic (exact) mass is 385 g/mol. The van der Waals surface area contributed by atoms with Crippen molar-refractivity contribution in [3.8, 4) is 0 Å². The Hall–Kier alpha value is -1.95. The number of hydrogen-bond donors (Lipinski definition) is 1. The number of amides is 1. The maximum atomic E-state index is 12.5. The summed E-state index contributed by atoms with van der Waals surface area (Å²) in [5.74, 6) is 0.000309. The number of likely N-dealkylation sites (tertiary alicyclic amines) is 1. The van der Waals surface area contributed by atoms with Gasteiger partial charge in [0.05, 0.1) is 22.8 Å². The highest BCUT2D eigenvalue weighted by Crippen LogP contribution is 2.35. The number of nitrogens with one attached hydrogen (secondary N) is 1. The Morgan fingerprint density at radius 2 is 2.00 bits per heavy atom. The van der Waals surface area contributed by atoms with E-state index in [1.807, 2.05) is 24.3 Å². The van der Waals surface area contributed by atoms with Gasteiger partial charge < -0.3 is 5.32 Å². The molecule has 3 aromatic rings. The molecule has 4 nitrogen and oxygen atoms in total. The molecule has 0 aliphatic carbocycles. The molecule has 1 aromatic heterocycles. The number of carbonyl (C=O) groups excluding carboxylic acids is 1. The molecule has 1 N–H and O–H groups in total. The van der Waals surface area contributed by atoms with Gasteiger partial charge in [0, 0.05) is 10.7 Å². The van der Waals surface area contributed by atoms with Crippen LogP contribution >= 0.6 is 22.9 Å². The summed E-state index contributed by atoms with van der Waals surface area (Å²) in [6.45, 7) is 1.30. The molecule has 1 aliphatic heterocycles. The average Bonchev–Trinajstić information content (AvgIpc) is 3.08. The van der Waals surface area contributed by atoms with Crippen LogP contribution in [0.1, 0.15) is 30.3 Å². The molecule has 0 spiro atoms. The van der Waals surface area contributed by atoms with E-state index < -0.39 is 0 Å². The summed E-state index contributed by atoms with van der Waals surface area (Å²) >= 11 is 7.64. The number of hydrogen-bond acceptors (Lipinski definition) is 4. The quantitative estimate of drug-likeness (QED) is 0.678. The second-order valence-corrected chi connectivity index (χ2v) is 8.06. The second kappa shape index (κ2) is 7.74. The number of aromatic nitrogens is 1. The number of para-hydroxylation sites is 1. The van der Waals surface area contributed by atoms with Crippen molar-refractivity contribution in [3.63, 3.8) is 0 Å². The predicted octanol–water partition coefficient (Wildman–Crippen LogP) is 5.12. The summed E-state index contributed by atoms with van der Waals surface area (Å²) in [5.41, 5.74) is 1.82. The van der Waals surface area contributed by atoms with E-state index in [0.717, 1.165) is 35.6 Å². The van der Waals surface area contributed by atoms with Gasteiger partial charge in [0.15, 0.2) is 0 Å². The van der Waals surface area contributed by atoms with E-state index in [9.17, 15) is 4.79 Å². The average molecular weight is 386 g/mol. The smallest absolute Gasteiger partial charge is 0.238 e. The standard InChI is InChI=1S/C20H20ClN3OS/c21-14-8-10-15(11-9-14)22-19(25)13-24-12-4-3-6-17(24)20-23-16-5-1-2-7-18(16)26-20/h1-2,5,7-11,17H,3-4,6,12-13H2,(H,22,25)/t17-/m1/s1. The van der Waals surface area contributed by atoms with Crippen LogP contribution in [0.15, 0.2) is 48.5 Å². The van der Waals surface area contributed by atoms with Crippen LogP contribution in [0.2, 0.25) is 5.02 Å². The van der Waals surface area contributed by atoms with Crippen molar-refractivity contribution in [2.24, 2.45) is 0 Å². The van der Waals surface area contributed by atoms with Crippen molar-refractivity contribution in [3.05, 3.63) is 58.6 Å². The third-order valence-corrected chi connectivity index (χ3v) is 6.07. The van der Waals surface area contributed by atoms with Crippen LogP contribution in [-0.4, -0.2) is 28.9 Å². The minimum Gasteiger partial charge on any atom is -0.325 e. The molecule has 1 fully saturated rings. The van der Waals surface area contributed by atoms with Gasteiger partial charge in [-0.05, 0) is 55.8 Å². The lowest BCUT2D eigenvalue weighted by molar-refractivity contribution is -0.118. The molecule has 2 heterocycles. The maximum absolute atomic E-state index is 12.5. The van der Waals surface area contributed by atoms with Crippen molar-refractivity contribution < 1.29 is 4.79 Å². The van der Waals surface area contributed by atoms with E-state index in [4.69, 9.17) is 16.6 Å². The van der Waals surface area contributed by atoms with Crippen LogP contribution in [0.4, 0.5) is 5.69 Å². The molecular weight excluding hydrogens is 366 g/mol. The first kappa shape index (κ1) is 17.5. The van der Waals surface area contributed by atoms with E-state index in [1.165, 1.54) is 11.1 Å². The van der Waals surface area contributed by atoms with Crippen molar-refractivity contribution >= 4 is 44.7 Å². The molecule has 1 amide bonds. The number of fused-ring (bicyclic) bond motifs is 1. The number of piperidine rings is 1. The van der Waals surface area contributed by atoms with Crippen LogP contribution in [0.5, 0.6) is 0 Å². The molecule has 0 bridgehead atoms. The summed E-state index contributed by atoms with van der Waals surface area (Å²) in [7, 11) is 0. The summed E-state index contributed by atoms with van der Waals surface area (Å²) in [6, 6.07) is 15.6. The fraction of sp³-hybridized carbons (Fsp3) is 0.300. The fourth-order valence-electron chi connectivity index (χ4n) is 3.41. The minimum absolute atomic E-state index is 0.000309. The van der Waals surface area contributed by atoms with Crippen molar-refractivity contribution in [1.82, 2.24) is 9.88 Å². The molecule has 0 radical (unpaired) electrons. The SMILES string of the molecule is O=C(CN1CCCC[C@@H]1c1nc2ccccc2s1)Nc1ccc(Cl)cc1. The number of rotatable bonds is 4. The van der Waals surface area contributed by atoms with Gasteiger partial charge in [-0.1, -0.05) is 30.2 Å². The van der Waals surface area contributed by atoms with Crippen molar-refractivity contribution in [1.29, 1.82) is 0 Å². The first-order valence-corrected chi connectivity index (χ1v) is 10.0. The van der Waals surface area contributed by atoms with Crippen LogP contribution in [-0.2, 0) is 4.79 Å². The van der Waals surface area contributed by atoms with Crippen LogP contribution in [0, 0.1) is 0 Å². The zero-order chi connectivity index (χ0) is 17.9. The Morgan fingerprint density at radius 3 is 2.81 bits per heavy atom. The topological polar surface area (TPSA) is 45.2 Å². The molecule has 4 rings (SSSR count). The zero-order valence-corrected chi connectivity index (χ0v) is 15.9. The van der Waals surface area contributed by atoms with Gasteiger partial charge in [0.2, 0.25) is 5.91 Å². The Morgan fingerprint density at radius 1 is 1.19 bits per heavy atom. The number of nitrogens with zero attached hydrogens (tertiary/aromatic N) is 2. The van der Waals surface area contributed by atoms with Gasteiger partial charge in [-0.3, -0.25) is 9.69 Å². The summed E-state index contributed by atoms with van der Waals surface area (Å²) in [6.07, 6.45) is 3.35. The highest BCUT2D eigenvalue weighted by Gasteiger charge is 2.28. The van der Waals surface area contributed by atoms with E-state index >= 15 is 0 Å². The first-order valence-electron chi connectivity index (χ1n) is 8.84. The van der Waals surface area contributed by atoms with Gasteiger partial charge >= 0.3 is 0 Å². The van der Waals surface area contributed by atoms with Crippen LogP contribution in [0.3, 0.4) is 0 Å². The molecule has 0 saturated carbocycles. The molecule has 1 aliphatic rings. The predicted molar refractivity (Wildman–Crippen MR) is 108 cm³/mol. The number of benzene rings is 2. The molecule has 2 aromatic carbocycles. The number of halogens is 1. The third-order valence-electron chi connectivity index (χ3n) is 4.68.